The third-order valence-electron chi connectivity index (χ3n) is 4.69. The number of amides is 4. The molecule has 1 fully saturated rings. The Morgan fingerprint density at radius 3 is 2.46 bits per heavy atom. The Morgan fingerprint density at radius 2 is 1.82 bits per heavy atom. The number of carbonyl (C=O) groups excluding carboxylic acids is 3. The van der Waals surface area contributed by atoms with Gasteiger partial charge in [-0.3, -0.25) is 14.5 Å². The molecule has 0 aliphatic carbocycles. The lowest BCUT2D eigenvalue weighted by molar-refractivity contribution is -0.133. The molecule has 1 heterocycles. The maximum atomic E-state index is 14.1. The summed E-state index contributed by atoms with van der Waals surface area (Å²) in [6.45, 7) is 2.73. The highest BCUT2D eigenvalue weighted by Gasteiger charge is 2.50. The molecule has 4 amide bonds. The van der Waals surface area contributed by atoms with Gasteiger partial charge in [-0.05, 0) is 49.2 Å². The Labute approximate surface area is 160 Å². The molecule has 2 aromatic carbocycles. The maximum Gasteiger partial charge on any atom is 0.325 e. The number of aryl methyl sites for hydroxylation is 1. The predicted molar refractivity (Wildman–Crippen MR) is 98.4 cm³/mol. The Morgan fingerprint density at radius 1 is 1.14 bits per heavy atom. The third-order valence-corrected chi connectivity index (χ3v) is 4.69. The van der Waals surface area contributed by atoms with Gasteiger partial charge in [0.2, 0.25) is 5.91 Å². The third kappa shape index (κ3) is 3.58. The second-order valence-corrected chi connectivity index (χ2v) is 6.67. The largest absolute Gasteiger partial charge is 0.325 e. The molecule has 0 bridgehead atoms. The van der Waals surface area contributed by atoms with Crippen LogP contribution in [0.5, 0.6) is 0 Å². The van der Waals surface area contributed by atoms with Crippen LogP contribution in [0, 0.1) is 11.6 Å². The number of hydrogen-bond donors (Lipinski definition) is 2. The fourth-order valence-corrected chi connectivity index (χ4v) is 3.07. The van der Waals surface area contributed by atoms with Crippen LogP contribution >= 0.6 is 0 Å². The van der Waals surface area contributed by atoms with Crippen molar-refractivity contribution < 1.29 is 23.2 Å². The topological polar surface area (TPSA) is 78.5 Å². The number of imide groups is 1. The average Bonchev–Trinajstić information content (AvgIpc) is 2.88. The first-order valence-corrected chi connectivity index (χ1v) is 8.73. The van der Waals surface area contributed by atoms with Crippen LogP contribution in [-0.2, 0) is 21.5 Å². The molecule has 3 rings (SSSR count). The van der Waals surface area contributed by atoms with Crippen LogP contribution < -0.4 is 10.6 Å². The first kappa shape index (κ1) is 19.5. The number of urea groups is 1. The SMILES string of the molecule is CCc1ccc(NC(=O)CN2C(=O)N[C@@](C)(c3cc(F)ccc3F)C2=O)cc1. The van der Waals surface area contributed by atoms with Crippen molar-refractivity contribution in [3.05, 3.63) is 65.2 Å². The molecule has 6 nitrogen and oxygen atoms in total. The summed E-state index contributed by atoms with van der Waals surface area (Å²) in [7, 11) is 0. The van der Waals surface area contributed by atoms with E-state index in [-0.39, 0.29) is 5.56 Å². The Kier molecular flexibility index (Phi) is 5.13. The molecule has 2 N–H and O–H groups in total. The van der Waals surface area contributed by atoms with E-state index in [0.29, 0.717) is 10.6 Å². The van der Waals surface area contributed by atoms with Gasteiger partial charge in [-0.1, -0.05) is 19.1 Å². The predicted octanol–water partition coefficient (Wildman–Crippen LogP) is 2.93. The van der Waals surface area contributed by atoms with Gasteiger partial charge in [0, 0.05) is 11.3 Å². The highest BCUT2D eigenvalue weighted by Crippen LogP contribution is 2.31. The van der Waals surface area contributed by atoms with E-state index < -0.39 is 41.6 Å². The summed E-state index contributed by atoms with van der Waals surface area (Å²) in [5.41, 5.74) is -0.483. The van der Waals surface area contributed by atoms with Crippen molar-refractivity contribution in [2.75, 3.05) is 11.9 Å². The minimum atomic E-state index is -1.80. The van der Waals surface area contributed by atoms with Crippen molar-refractivity contribution in [2.45, 2.75) is 25.8 Å². The number of benzene rings is 2. The molecule has 0 spiro atoms. The molecule has 146 valence electrons. The van der Waals surface area contributed by atoms with Crippen molar-refractivity contribution in [1.29, 1.82) is 0 Å². The minimum Gasteiger partial charge on any atom is -0.325 e. The van der Waals surface area contributed by atoms with Gasteiger partial charge < -0.3 is 10.6 Å². The number of nitrogens with zero attached hydrogens (tertiary/aromatic N) is 1. The van der Waals surface area contributed by atoms with E-state index in [0.717, 1.165) is 30.2 Å². The molecule has 0 radical (unpaired) electrons. The summed E-state index contributed by atoms with van der Waals surface area (Å²) in [4.78, 5) is 37.9. The molecule has 0 aromatic heterocycles. The number of nitrogens with one attached hydrogen (secondary N) is 2. The van der Waals surface area contributed by atoms with E-state index in [1.807, 2.05) is 19.1 Å². The molecule has 0 unspecified atom stereocenters. The van der Waals surface area contributed by atoms with Crippen LogP contribution in [-0.4, -0.2) is 29.3 Å². The molecule has 1 atom stereocenters. The number of halogens is 2. The number of carbonyl (C=O) groups is 3. The van der Waals surface area contributed by atoms with Crippen LogP contribution in [0.3, 0.4) is 0 Å². The van der Waals surface area contributed by atoms with Gasteiger partial charge >= 0.3 is 6.03 Å². The standard InChI is InChI=1S/C20H19F2N3O3/c1-3-12-4-7-14(8-5-12)23-17(26)11-25-18(27)20(2,24-19(25)28)15-10-13(21)6-9-16(15)22/h4-10H,3,11H2,1-2H3,(H,23,26)(H,24,28)/t20-/m0/s1. The zero-order chi connectivity index (χ0) is 20.5. The van der Waals surface area contributed by atoms with Gasteiger partial charge in [-0.15, -0.1) is 0 Å². The van der Waals surface area contributed by atoms with Crippen molar-refractivity contribution in [1.82, 2.24) is 10.2 Å². The zero-order valence-corrected chi connectivity index (χ0v) is 15.4. The van der Waals surface area contributed by atoms with E-state index in [4.69, 9.17) is 0 Å². The molecule has 0 saturated carbocycles. The van der Waals surface area contributed by atoms with Crippen molar-refractivity contribution in [3.8, 4) is 0 Å². The zero-order valence-electron chi connectivity index (χ0n) is 15.4. The van der Waals surface area contributed by atoms with Gasteiger partial charge in [0.1, 0.15) is 23.7 Å². The van der Waals surface area contributed by atoms with Gasteiger partial charge in [-0.25, -0.2) is 13.6 Å². The molecule has 8 heteroatoms. The van der Waals surface area contributed by atoms with Crippen molar-refractivity contribution >= 4 is 23.5 Å². The summed E-state index contributed by atoms with van der Waals surface area (Å²) in [6.07, 6.45) is 0.853. The number of rotatable bonds is 5. The van der Waals surface area contributed by atoms with Gasteiger partial charge in [0.05, 0.1) is 0 Å². The fourth-order valence-electron chi connectivity index (χ4n) is 3.07. The second kappa shape index (κ2) is 7.38. The van der Waals surface area contributed by atoms with E-state index in [1.54, 1.807) is 12.1 Å². The van der Waals surface area contributed by atoms with Crippen molar-refractivity contribution in [3.63, 3.8) is 0 Å². The first-order valence-electron chi connectivity index (χ1n) is 8.73. The molecule has 1 aliphatic rings. The number of anilines is 1. The van der Waals surface area contributed by atoms with Crippen LogP contribution in [0.2, 0.25) is 0 Å². The van der Waals surface area contributed by atoms with Crippen molar-refractivity contribution in [2.24, 2.45) is 0 Å². The van der Waals surface area contributed by atoms with Crippen LogP contribution in [0.25, 0.3) is 0 Å². The lowest BCUT2D eigenvalue weighted by Gasteiger charge is -2.22. The molecule has 28 heavy (non-hydrogen) atoms. The minimum absolute atomic E-state index is 0.302. The summed E-state index contributed by atoms with van der Waals surface area (Å²) < 4.78 is 27.7. The normalized spacial score (nSPS) is 18.9. The summed E-state index contributed by atoms with van der Waals surface area (Å²) in [6, 6.07) is 8.94. The summed E-state index contributed by atoms with van der Waals surface area (Å²) >= 11 is 0. The van der Waals surface area contributed by atoms with Crippen LogP contribution in [0.1, 0.15) is 25.0 Å². The average molecular weight is 387 g/mol. The highest BCUT2D eigenvalue weighted by molar-refractivity contribution is 6.10. The molecule has 1 saturated heterocycles. The molecular weight excluding hydrogens is 368 g/mol. The Hall–Kier alpha value is -3.29. The summed E-state index contributed by atoms with van der Waals surface area (Å²) in [5, 5.41) is 4.95. The van der Waals surface area contributed by atoms with Crippen LogP contribution in [0.15, 0.2) is 42.5 Å². The lowest BCUT2D eigenvalue weighted by atomic mass is 9.91. The quantitative estimate of drug-likeness (QED) is 0.775. The van der Waals surface area contributed by atoms with E-state index in [9.17, 15) is 23.2 Å². The first-order chi connectivity index (χ1) is 13.2. The van der Waals surface area contributed by atoms with Gasteiger partial charge in [0.15, 0.2) is 0 Å². The van der Waals surface area contributed by atoms with Gasteiger partial charge in [0.25, 0.3) is 5.91 Å². The molecular formula is C20H19F2N3O3. The summed E-state index contributed by atoms with van der Waals surface area (Å²) in [5.74, 6) is -3.00. The molecule has 1 aliphatic heterocycles. The monoisotopic (exact) mass is 387 g/mol. The van der Waals surface area contributed by atoms with Gasteiger partial charge in [-0.2, -0.15) is 0 Å². The maximum absolute atomic E-state index is 14.1. The van der Waals surface area contributed by atoms with Crippen LogP contribution in [0.4, 0.5) is 19.3 Å². The highest BCUT2D eigenvalue weighted by atomic mass is 19.1. The lowest BCUT2D eigenvalue weighted by Crippen LogP contribution is -2.42. The Bertz CT molecular complexity index is 946. The number of hydrogen-bond acceptors (Lipinski definition) is 3. The van der Waals surface area contributed by atoms with E-state index in [1.165, 1.54) is 6.92 Å². The second-order valence-electron chi connectivity index (χ2n) is 6.67. The van der Waals surface area contributed by atoms with E-state index >= 15 is 0 Å². The fraction of sp³-hybridized carbons (Fsp3) is 0.250. The molecule has 2 aromatic rings. The smallest absolute Gasteiger partial charge is 0.325 e. The van der Waals surface area contributed by atoms with E-state index in [2.05, 4.69) is 10.6 Å². The Balaban J connectivity index is 1.76.